The number of aromatic nitrogens is 2. The number of hydrogen-bond donors (Lipinski definition) is 1. The van der Waals surface area contributed by atoms with Crippen LogP contribution >= 0.6 is 0 Å². The van der Waals surface area contributed by atoms with Crippen LogP contribution in [0.15, 0.2) is 12.4 Å². The maximum Gasteiger partial charge on any atom is 0.225 e. The highest BCUT2D eigenvalue weighted by molar-refractivity contribution is 5.31. The second kappa shape index (κ2) is 4.61. The highest BCUT2D eigenvalue weighted by Crippen LogP contribution is 2.24. The van der Waals surface area contributed by atoms with Gasteiger partial charge in [-0.05, 0) is 31.2 Å². The monoisotopic (exact) mass is 235 g/mol. The molecule has 1 aromatic heterocycles. The first-order valence-corrected chi connectivity index (χ1v) is 6.27. The van der Waals surface area contributed by atoms with E-state index in [0.717, 1.165) is 37.4 Å². The number of anilines is 1. The van der Waals surface area contributed by atoms with Gasteiger partial charge in [-0.3, -0.25) is 0 Å². The van der Waals surface area contributed by atoms with E-state index in [1.165, 1.54) is 0 Å². The van der Waals surface area contributed by atoms with Crippen molar-refractivity contribution >= 4 is 5.95 Å². The van der Waals surface area contributed by atoms with E-state index >= 15 is 0 Å². The molecule has 2 heterocycles. The fourth-order valence-corrected chi connectivity index (χ4v) is 1.98. The Labute approximate surface area is 103 Å². The molecule has 1 N–H and O–H groups in total. The van der Waals surface area contributed by atoms with Crippen molar-refractivity contribution in [3.05, 3.63) is 18.0 Å². The van der Waals surface area contributed by atoms with Gasteiger partial charge in [-0.25, -0.2) is 9.97 Å². The van der Waals surface area contributed by atoms with Gasteiger partial charge in [0.1, 0.15) is 0 Å². The molecule has 1 aliphatic heterocycles. The van der Waals surface area contributed by atoms with Gasteiger partial charge in [0.2, 0.25) is 5.95 Å². The standard InChI is InChI=1S/C13H21N3O/c1-10(2)11-8-14-12(15-9-11)16-6-4-13(3,17)5-7-16/h8-10,17H,4-7H2,1-3H3. The molecule has 1 fully saturated rings. The van der Waals surface area contributed by atoms with E-state index in [9.17, 15) is 5.11 Å². The Balaban J connectivity index is 2.04. The van der Waals surface area contributed by atoms with Gasteiger partial charge in [-0.1, -0.05) is 13.8 Å². The number of piperidine rings is 1. The summed E-state index contributed by atoms with van der Waals surface area (Å²) in [6, 6.07) is 0. The van der Waals surface area contributed by atoms with Crippen LogP contribution in [-0.4, -0.2) is 33.8 Å². The first-order valence-electron chi connectivity index (χ1n) is 6.27. The van der Waals surface area contributed by atoms with Crippen LogP contribution in [0.5, 0.6) is 0 Å². The Morgan fingerprint density at radius 2 is 1.76 bits per heavy atom. The summed E-state index contributed by atoms with van der Waals surface area (Å²) in [5.74, 6) is 1.25. The van der Waals surface area contributed by atoms with Gasteiger partial charge in [0.15, 0.2) is 0 Å². The summed E-state index contributed by atoms with van der Waals surface area (Å²) in [6.45, 7) is 7.82. The number of rotatable bonds is 2. The molecule has 2 rings (SSSR count). The highest BCUT2D eigenvalue weighted by Gasteiger charge is 2.28. The lowest BCUT2D eigenvalue weighted by Crippen LogP contribution is -2.43. The Kier molecular flexibility index (Phi) is 3.33. The average molecular weight is 235 g/mol. The molecule has 4 nitrogen and oxygen atoms in total. The van der Waals surface area contributed by atoms with Crippen LogP contribution in [-0.2, 0) is 0 Å². The molecule has 4 heteroatoms. The van der Waals surface area contributed by atoms with Crippen LogP contribution in [0.2, 0.25) is 0 Å². The van der Waals surface area contributed by atoms with Gasteiger partial charge in [-0.2, -0.15) is 0 Å². The topological polar surface area (TPSA) is 49.2 Å². The Bertz CT molecular complexity index is 363. The predicted octanol–water partition coefficient (Wildman–Crippen LogP) is 1.95. The van der Waals surface area contributed by atoms with Gasteiger partial charge in [0, 0.05) is 25.5 Å². The van der Waals surface area contributed by atoms with Crippen molar-refractivity contribution in [3.63, 3.8) is 0 Å². The number of aliphatic hydroxyl groups is 1. The summed E-state index contributed by atoms with van der Waals surface area (Å²) >= 11 is 0. The molecule has 0 saturated carbocycles. The maximum atomic E-state index is 9.89. The van der Waals surface area contributed by atoms with Gasteiger partial charge >= 0.3 is 0 Å². The van der Waals surface area contributed by atoms with Crippen molar-refractivity contribution < 1.29 is 5.11 Å². The lowest BCUT2D eigenvalue weighted by atomic mass is 9.94. The molecule has 1 aliphatic rings. The van der Waals surface area contributed by atoms with Crippen molar-refractivity contribution in [1.82, 2.24) is 9.97 Å². The molecular formula is C13H21N3O. The molecular weight excluding hydrogens is 214 g/mol. The third kappa shape index (κ3) is 2.94. The zero-order chi connectivity index (χ0) is 12.5. The SMILES string of the molecule is CC(C)c1cnc(N2CCC(C)(O)CC2)nc1. The first kappa shape index (κ1) is 12.3. The summed E-state index contributed by atoms with van der Waals surface area (Å²) < 4.78 is 0. The van der Waals surface area contributed by atoms with Crippen molar-refractivity contribution in [2.45, 2.75) is 45.1 Å². The Hall–Kier alpha value is -1.16. The van der Waals surface area contributed by atoms with E-state index in [-0.39, 0.29) is 0 Å². The third-order valence-corrected chi connectivity index (χ3v) is 3.45. The molecule has 0 unspecified atom stereocenters. The van der Waals surface area contributed by atoms with Crippen molar-refractivity contribution in [1.29, 1.82) is 0 Å². The molecule has 1 saturated heterocycles. The fourth-order valence-electron chi connectivity index (χ4n) is 1.98. The molecule has 0 atom stereocenters. The zero-order valence-electron chi connectivity index (χ0n) is 10.8. The smallest absolute Gasteiger partial charge is 0.225 e. The lowest BCUT2D eigenvalue weighted by molar-refractivity contribution is 0.0349. The second-order valence-corrected chi connectivity index (χ2v) is 5.46. The predicted molar refractivity (Wildman–Crippen MR) is 68.2 cm³/mol. The molecule has 0 aliphatic carbocycles. The lowest BCUT2D eigenvalue weighted by Gasteiger charge is -2.35. The van der Waals surface area contributed by atoms with Gasteiger partial charge in [0.25, 0.3) is 0 Å². The number of hydrogen-bond acceptors (Lipinski definition) is 4. The molecule has 0 radical (unpaired) electrons. The minimum atomic E-state index is -0.519. The molecule has 0 bridgehead atoms. The molecule has 1 aromatic rings. The van der Waals surface area contributed by atoms with Gasteiger partial charge in [0.05, 0.1) is 5.60 Å². The Morgan fingerprint density at radius 1 is 1.24 bits per heavy atom. The minimum absolute atomic E-state index is 0.464. The molecule has 17 heavy (non-hydrogen) atoms. The van der Waals surface area contributed by atoms with Crippen LogP contribution in [0.4, 0.5) is 5.95 Å². The molecule has 94 valence electrons. The quantitative estimate of drug-likeness (QED) is 0.851. The van der Waals surface area contributed by atoms with Gasteiger partial charge in [-0.15, -0.1) is 0 Å². The fraction of sp³-hybridized carbons (Fsp3) is 0.692. The van der Waals surface area contributed by atoms with E-state index < -0.39 is 5.60 Å². The molecule has 0 amide bonds. The summed E-state index contributed by atoms with van der Waals surface area (Å²) in [4.78, 5) is 11.0. The Morgan fingerprint density at radius 3 is 2.24 bits per heavy atom. The number of nitrogens with zero attached hydrogens (tertiary/aromatic N) is 3. The summed E-state index contributed by atoms with van der Waals surface area (Å²) in [7, 11) is 0. The average Bonchev–Trinajstić information content (AvgIpc) is 2.29. The largest absolute Gasteiger partial charge is 0.390 e. The van der Waals surface area contributed by atoms with E-state index in [1.54, 1.807) is 0 Å². The third-order valence-electron chi connectivity index (χ3n) is 3.45. The molecule has 0 aromatic carbocycles. The van der Waals surface area contributed by atoms with E-state index in [0.29, 0.717) is 5.92 Å². The second-order valence-electron chi connectivity index (χ2n) is 5.46. The highest BCUT2D eigenvalue weighted by atomic mass is 16.3. The molecule has 0 spiro atoms. The van der Waals surface area contributed by atoms with Crippen LogP contribution in [0.1, 0.15) is 45.1 Å². The van der Waals surface area contributed by atoms with Crippen molar-refractivity contribution in [3.8, 4) is 0 Å². The van der Waals surface area contributed by atoms with Crippen LogP contribution in [0.25, 0.3) is 0 Å². The van der Waals surface area contributed by atoms with Crippen molar-refractivity contribution in [2.24, 2.45) is 0 Å². The summed E-state index contributed by atoms with van der Waals surface area (Å²) in [5, 5.41) is 9.89. The summed E-state index contributed by atoms with van der Waals surface area (Å²) in [6.07, 6.45) is 5.37. The van der Waals surface area contributed by atoms with Crippen LogP contribution in [0.3, 0.4) is 0 Å². The zero-order valence-corrected chi connectivity index (χ0v) is 10.8. The maximum absolute atomic E-state index is 9.89. The van der Waals surface area contributed by atoms with E-state index in [2.05, 4.69) is 28.7 Å². The summed E-state index contributed by atoms with van der Waals surface area (Å²) in [5.41, 5.74) is 0.645. The van der Waals surface area contributed by atoms with Crippen LogP contribution in [0, 0.1) is 0 Å². The van der Waals surface area contributed by atoms with E-state index in [1.807, 2.05) is 19.3 Å². The first-order chi connectivity index (χ1) is 7.98. The van der Waals surface area contributed by atoms with Crippen molar-refractivity contribution in [2.75, 3.05) is 18.0 Å². The normalized spacial score (nSPS) is 19.7. The minimum Gasteiger partial charge on any atom is -0.390 e. The van der Waals surface area contributed by atoms with Crippen LogP contribution < -0.4 is 4.90 Å². The van der Waals surface area contributed by atoms with Gasteiger partial charge < -0.3 is 10.0 Å². The van der Waals surface area contributed by atoms with E-state index in [4.69, 9.17) is 0 Å².